The molecule has 1 aromatic carbocycles. The van der Waals surface area contributed by atoms with E-state index < -0.39 is 16.0 Å². The number of sulfonamides is 1. The Morgan fingerprint density at radius 2 is 2.05 bits per heavy atom. The molecule has 0 aliphatic rings. The highest BCUT2D eigenvalue weighted by atomic mass is 32.2. The SMILES string of the molecule is O=C(O)c1cccc(CS(=O)(=O)NCCc2cccs2)c1. The average molecular weight is 325 g/mol. The number of rotatable bonds is 7. The van der Waals surface area contributed by atoms with Crippen molar-refractivity contribution in [2.75, 3.05) is 6.54 Å². The van der Waals surface area contributed by atoms with Crippen molar-refractivity contribution in [2.24, 2.45) is 0 Å². The summed E-state index contributed by atoms with van der Waals surface area (Å²) in [6.45, 7) is 0.335. The van der Waals surface area contributed by atoms with Crippen LogP contribution in [0.15, 0.2) is 41.8 Å². The van der Waals surface area contributed by atoms with Crippen molar-refractivity contribution in [3.8, 4) is 0 Å². The van der Waals surface area contributed by atoms with Gasteiger partial charge in [-0.2, -0.15) is 0 Å². The van der Waals surface area contributed by atoms with Crippen LogP contribution < -0.4 is 4.72 Å². The zero-order valence-corrected chi connectivity index (χ0v) is 12.8. The smallest absolute Gasteiger partial charge is 0.335 e. The first-order valence-corrected chi connectivity index (χ1v) is 8.81. The molecule has 1 aromatic heterocycles. The molecule has 0 saturated heterocycles. The van der Waals surface area contributed by atoms with Crippen LogP contribution in [0.1, 0.15) is 20.8 Å². The largest absolute Gasteiger partial charge is 0.478 e. The van der Waals surface area contributed by atoms with Gasteiger partial charge in [0.15, 0.2) is 0 Å². The van der Waals surface area contributed by atoms with Gasteiger partial charge in [-0.05, 0) is 35.6 Å². The molecule has 0 aliphatic carbocycles. The van der Waals surface area contributed by atoms with E-state index >= 15 is 0 Å². The summed E-state index contributed by atoms with van der Waals surface area (Å²) in [5, 5.41) is 10.8. The first-order valence-electron chi connectivity index (χ1n) is 6.28. The van der Waals surface area contributed by atoms with Crippen LogP contribution in [0.2, 0.25) is 0 Å². The summed E-state index contributed by atoms with van der Waals surface area (Å²) >= 11 is 1.58. The molecular weight excluding hydrogens is 310 g/mol. The zero-order valence-electron chi connectivity index (χ0n) is 11.2. The molecule has 112 valence electrons. The number of carbonyl (C=O) groups is 1. The number of hydrogen-bond acceptors (Lipinski definition) is 4. The molecule has 0 amide bonds. The molecule has 0 atom stereocenters. The summed E-state index contributed by atoms with van der Waals surface area (Å²) in [4.78, 5) is 12.0. The van der Waals surface area contributed by atoms with E-state index in [1.54, 1.807) is 23.5 Å². The molecule has 0 saturated carbocycles. The van der Waals surface area contributed by atoms with Gasteiger partial charge < -0.3 is 5.11 Å². The van der Waals surface area contributed by atoms with E-state index in [0.29, 0.717) is 18.5 Å². The third-order valence-corrected chi connectivity index (χ3v) is 5.10. The lowest BCUT2D eigenvalue weighted by Gasteiger charge is -2.07. The topological polar surface area (TPSA) is 83.5 Å². The maximum Gasteiger partial charge on any atom is 0.335 e. The fraction of sp³-hybridized carbons (Fsp3) is 0.214. The van der Waals surface area contributed by atoms with E-state index in [1.165, 1.54) is 12.1 Å². The van der Waals surface area contributed by atoms with E-state index in [-0.39, 0.29) is 11.3 Å². The van der Waals surface area contributed by atoms with E-state index in [0.717, 1.165) is 4.88 Å². The molecule has 0 unspecified atom stereocenters. The quantitative estimate of drug-likeness (QED) is 0.816. The van der Waals surface area contributed by atoms with Gasteiger partial charge in [-0.15, -0.1) is 11.3 Å². The monoisotopic (exact) mass is 325 g/mol. The number of hydrogen-bond donors (Lipinski definition) is 2. The average Bonchev–Trinajstić information content (AvgIpc) is 2.91. The van der Waals surface area contributed by atoms with Gasteiger partial charge in [-0.1, -0.05) is 18.2 Å². The van der Waals surface area contributed by atoms with Crippen LogP contribution >= 0.6 is 11.3 Å². The van der Waals surface area contributed by atoms with Crippen LogP contribution in [0, 0.1) is 0 Å². The lowest BCUT2D eigenvalue weighted by molar-refractivity contribution is 0.0696. The van der Waals surface area contributed by atoms with Crippen LogP contribution in [0.5, 0.6) is 0 Å². The Bertz CT molecular complexity index is 708. The van der Waals surface area contributed by atoms with E-state index in [9.17, 15) is 13.2 Å². The molecule has 2 rings (SSSR count). The number of nitrogens with one attached hydrogen (secondary N) is 1. The second-order valence-electron chi connectivity index (χ2n) is 4.49. The van der Waals surface area contributed by atoms with Gasteiger partial charge in [0.1, 0.15) is 0 Å². The summed E-state index contributed by atoms with van der Waals surface area (Å²) in [7, 11) is -3.47. The molecule has 0 radical (unpaired) electrons. The van der Waals surface area contributed by atoms with Crippen molar-refractivity contribution in [2.45, 2.75) is 12.2 Å². The Balaban J connectivity index is 1.94. The predicted octanol–water partition coefficient (Wildman–Crippen LogP) is 2.11. The Labute approximate surface area is 127 Å². The van der Waals surface area contributed by atoms with Gasteiger partial charge in [0, 0.05) is 11.4 Å². The van der Waals surface area contributed by atoms with Gasteiger partial charge >= 0.3 is 5.97 Å². The summed E-state index contributed by atoms with van der Waals surface area (Å²) in [5.41, 5.74) is 0.541. The van der Waals surface area contributed by atoms with Gasteiger partial charge in [0.25, 0.3) is 0 Å². The Morgan fingerprint density at radius 1 is 1.24 bits per heavy atom. The van der Waals surface area contributed by atoms with Crippen LogP contribution in [0.25, 0.3) is 0 Å². The van der Waals surface area contributed by atoms with Crippen LogP contribution in [-0.2, 0) is 22.2 Å². The van der Waals surface area contributed by atoms with E-state index in [4.69, 9.17) is 5.11 Å². The minimum absolute atomic E-state index is 0.0845. The minimum Gasteiger partial charge on any atom is -0.478 e. The Morgan fingerprint density at radius 3 is 2.71 bits per heavy atom. The molecule has 7 heteroatoms. The number of carboxylic acid groups (broad SMARTS) is 1. The second-order valence-corrected chi connectivity index (χ2v) is 7.33. The molecule has 2 aromatic rings. The summed E-state index contributed by atoms with van der Waals surface area (Å²) < 4.78 is 26.4. The first-order chi connectivity index (χ1) is 9.96. The molecule has 0 aliphatic heterocycles. The minimum atomic E-state index is -3.47. The lowest BCUT2D eigenvalue weighted by Crippen LogP contribution is -2.27. The molecular formula is C14H15NO4S2. The van der Waals surface area contributed by atoms with E-state index in [2.05, 4.69) is 4.72 Å². The third kappa shape index (κ3) is 4.96. The summed E-state index contributed by atoms with van der Waals surface area (Å²) in [6, 6.07) is 9.83. The fourth-order valence-corrected chi connectivity index (χ4v) is 3.69. The predicted molar refractivity (Wildman–Crippen MR) is 82.1 cm³/mol. The van der Waals surface area contributed by atoms with Crippen molar-refractivity contribution in [1.29, 1.82) is 0 Å². The highest BCUT2D eigenvalue weighted by Crippen LogP contribution is 2.10. The maximum atomic E-state index is 12.0. The molecule has 2 N–H and O–H groups in total. The summed E-state index contributed by atoms with van der Waals surface area (Å²) in [5.74, 6) is -1.29. The van der Waals surface area contributed by atoms with E-state index in [1.807, 2.05) is 17.5 Å². The molecule has 0 spiro atoms. The number of aromatic carboxylic acids is 1. The Hall–Kier alpha value is -1.70. The molecule has 5 nitrogen and oxygen atoms in total. The second kappa shape index (κ2) is 6.84. The van der Waals surface area contributed by atoms with Crippen LogP contribution in [0.4, 0.5) is 0 Å². The van der Waals surface area contributed by atoms with Crippen molar-refractivity contribution in [3.63, 3.8) is 0 Å². The normalized spacial score (nSPS) is 11.4. The third-order valence-electron chi connectivity index (χ3n) is 2.80. The molecule has 0 bridgehead atoms. The van der Waals surface area contributed by atoms with Crippen molar-refractivity contribution in [1.82, 2.24) is 4.72 Å². The number of thiophene rings is 1. The number of carboxylic acids is 1. The fourth-order valence-electron chi connectivity index (χ4n) is 1.85. The Kier molecular flexibility index (Phi) is 5.11. The highest BCUT2D eigenvalue weighted by Gasteiger charge is 2.12. The number of benzene rings is 1. The van der Waals surface area contributed by atoms with Crippen molar-refractivity contribution in [3.05, 3.63) is 57.8 Å². The first kappa shape index (κ1) is 15.7. The van der Waals surface area contributed by atoms with Gasteiger partial charge in [-0.25, -0.2) is 17.9 Å². The molecule has 1 heterocycles. The van der Waals surface area contributed by atoms with Crippen LogP contribution in [0.3, 0.4) is 0 Å². The van der Waals surface area contributed by atoms with Crippen molar-refractivity contribution < 1.29 is 18.3 Å². The van der Waals surface area contributed by atoms with Crippen LogP contribution in [-0.4, -0.2) is 26.0 Å². The lowest BCUT2D eigenvalue weighted by atomic mass is 10.1. The van der Waals surface area contributed by atoms with Crippen molar-refractivity contribution >= 4 is 27.3 Å². The molecule has 0 fully saturated rings. The van der Waals surface area contributed by atoms with Gasteiger partial charge in [0.05, 0.1) is 11.3 Å². The van der Waals surface area contributed by atoms with Gasteiger partial charge in [0.2, 0.25) is 10.0 Å². The van der Waals surface area contributed by atoms with Gasteiger partial charge in [-0.3, -0.25) is 0 Å². The molecule has 21 heavy (non-hydrogen) atoms. The standard InChI is InChI=1S/C14H15NO4S2/c16-14(17)12-4-1-3-11(9-12)10-21(18,19)15-7-6-13-5-2-8-20-13/h1-5,8-9,15H,6-7,10H2,(H,16,17). The highest BCUT2D eigenvalue weighted by molar-refractivity contribution is 7.88. The zero-order chi connectivity index (χ0) is 15.3. The summed E-state index contributed by atoms with van der Waals surface area (Å²) in [6.07, 6.45) is 0.645. The maximum absolute atomic E-state index is 12.0.